The highest BCUT2D eigenvalue weighted by atomic mass is 35.5. The van der Waals surface area contributed by atoms with Crippen LogP contribution < -0.4 is 5.32 Å². The molecule has 106 valence electrons. The molecule has 1 N–H and O–H groups in total. The van der Waals surface area contributed by atoms with E-state index in [1.54, 1.807) is 17.9 Å². The minimum atomic E-state index is 0.0271. The van der Waals surface area contributed by atoms with Crippen molar-refractivity contribution in [1.29, 1.82) is 0 Å². The van der Waals surface area contributed by atoms with Gasteiger partial charge in [0.2, 0.25) is 5.91 Å². The zero-order valence-electron chi connectivity index (χ0n) is 11.7. The van der Waals surface area contributed by atoms with Crippen molar-refractivity contribution < 1.29 is 4.79 Å². The van der Waals surface area contributed by atoms with Crippen molar-refractivity contribution in [2.45, 2.75) is 37.8 Å². The number of aromatic nitrogens is 2. The molecule has 0 radical (unpaired) electrons. The molecule has 19 heavy (non-hydrogen) atoms. The molecular weight excluding hydrogens is 264 g/mol. The first kappa shape index (κ1) is 14.3. The van der Waals surface area contributed by atoms with Crippen molar-refractivity contribution in [3.05, 3.63) is 16.9 Å². The first-order valence-electron chi connectivity index (χ1n) is 6.59. The Balaban J connectivity index is 1.84. The molecule has 1 aromatic rings. The van der Waals surface area contributed by atoms with Crippen molar-refractivity contribution in [3.63, 3.8) is 0 Å². The molecule has 1 heterocycles. The van der Waals surface area contributed by atoms with Gasteiger partial charge in [0.05, 0.1) is 6.42 Å². The second kappa shape index (κ2) is 5.92. The Labute approximate surface area is 118 Å². The predicted molar refractivity (Wildman–Crippen MR) is 75.2 cm³/mol. The molecule has 0 unspecified atom stereocenters. The predicted octanol–water partition coefficient (Wildman–Crippen LogP) is 1.21. The molecule has 0 aromatic carbocycles. The summed E-state index contributed by atoms with van der Waals surface area (Å²) in [5.41, 5.74) is 0.781. The van der Waals surface area contributed by atoms with E-state index in [0.29, 0.717) is 17.6 Å². The van der Waals surface area contributed by atoms with Gasteiger partial charge in [-0.15, -0.1) is 0 Å². The first-order valence-corrected chi connectivity index (χ1v) is 6.97. The second-order valence-electron chi connectivity index (χ2n) is 5.49. The van der Waals surface area contributed by atoms with Crippen LogP contribution in [0.15, 0.2) is 6.20 Å². The normalized spacial score (nSPS) is 23.0. The number of nitrogens with zero attached hydrogens (tertiary/aromatic N) is 3. The standard InChI is InChI=1S/C13H21ClN4O/c1-17(2)11-5-4-10(7-11)15-12(19)6-9-8-18(3)16-13(9)14/h8,10-11H,4-7H2,1-3H3,(H,15,19)/t10-,11+/m1/s1. The molecule has 1 aliphatic rings. The summed E-state index contributed by atoms with van der Waals surface area (Å²) in [5.74, 6) is 0.0271. The van der Waals surface area contributed by atoms with Gasteiger partial charge in [0, 0.05) is 30.9 Å². The van der Waals surface area contributed by atoms with Gasteiger partial charge in [-0.1, -0.05) is 11.6 Å². The number of aryl methyl sites for hydroxylation is 1. The van der Waals surface area contributed by atoms with E-state index in [1.807, 2.05) is 0 Å². The fraction of sp³-hybridized carbons (Fsp3) is 0.692. The Kier molecular flexibility index (Phi) is 4.47. The van der Waals surface area contributed by atoms with Crippen LogP contribution in [0.1, 0.15) is 24.8 Å². The van der Waals surface area contributed by atoms with Gasteiger partial charge in [0.15, 0.2) is 5.15 Å². The van der Waals surface area contributed by atoms with Gasteiger partial charge in [-0.3, -0.25) is 9.48 Å². The fourth-order valence-corrected chi connectivity index (χ4v) is 2.87. The number of rotatable bonds is 4. The van der Waals surface area contributed by atoms with Gasteiger partial charge in [0.25, 0.3) is 0 Å². The minimum absolute atomic E-state index is 0.0271. The lowest BCUT2D eigenvalue weighted by Gasteiger charge is -2.19. The minimum Gasteiger partial charge on any atom is -0.353 e. The summed E-state index contributed by atoms with van der Waals surface area (Å²) in [6.45, 7) is 0. The Bertz CT molecular complexity index is 457. The van der Waals surface area contributed by atoms with Gasteiger partial charge in [-0.2, -0.15) is 5.10 Å². The summed E-state index contributed by atoms with van der Waals surface area (Å²) < 4.78 is 1.63. The number of carbonyl (C=O) groups is 1. The Morgan fingerprint density at radius 1 is 1.58 bits per heavy atom. The van der Waals surface area contributed by atoms with E-state index in [4.69, 9.17) is 11.6 Å². The summed E-state index contributed by atoms with van der Waals surface area (Å²) in [6, 6.07) is 0.864. The molecule has 1 fully saturated rings. The summed E-state index contributed by atoms with van der Waals surface area (Å²) >= 11 is 5.95. The maximum Gasteiger partial charge on any atom is 0.224 e. The third-order valence-corrected chi connectivity index (χ3v) is 4.02. The smallest absolute Gasteiger partial charge is 0.224 e. The zero-order valence-corrected chi connectivity index (χ0v) is 12.4. The quantitative estimate of drug-likeness (QED) is 0.904. The van der Waals surface area contributed by atoms with Crippen LogP contribution in [0.2, 0.25) is 5.15 Å². The van der Waals surface area contributed by atoms with Gasteiger partial charge in [0.1, 0.15) is 0 Å². The van der Waals surface area contributed by atoms with Crippen LogP contribution in [0.4, 0.5) is 0 Å². The monoisotopic (exact) mass is 284 g/mol. The highest BCUT2D eigenvalue weighted by molar-refractivity contribution is 6.30. The van der Waals surface area contributed by atoms with Crippen molar-refractivity contribution in [2.24, 2.45) is 7.05 Å². The molecule has 1 saturated carbocycles. The SMILES string of the molecule is CN(C)[C@H]1CC[C@@H](NC(=O)Cc2cn(C)nc2Cl)C1. The van der Waals surface area contributed by atoms with Crippen molar-refractivity contribution in [2.75, 3.05) is 14.1 Å². The third kappa shape index (κ3) is 3.70. The van der Waals surface area contributed by atoms with E-state index in [0.717, 1.165) is 24.8 Å². The molecule has 1 aromatic heterocycles. The average molecular weight is 285 g/mol. The van der Waals surface area contributed by atoms with Crippen LogP contribution in [-0.4, -0.2) is 46.8 Å². The van der Waals surface area contributed by atoms with Crippen molar-refractivity contribution >= 4 is 17.5 Å². The van der Waals surface area contributed by atoms with Gasteiger partial charge >= 0.3 is 0 Å². The highest BCUT2D eigenvalue weighted by Gasteiger charge is 2.27. The van der Waals surface area contributed by atoms with Gasteiger partial charge in [-0.25, -0.2) is 0 Å². The van der Waals surface area contributed by atoms with Gasteiger partial charge in [-0.05, 0) is 33.4 Å². The molecule has 1 amide bonds. The molecule has 0 saturated heterocycles. The topological polar surface area (TPSA) is 50.2 Å². The Hall–Kier alpha value is -1.07. The van der Waals surface area contributed by atoms with Crippen LogP contribution >= 0.6 is 11.6 Å². The summed E-state index contributed by atoms with van der Waals surface area (Å²) in [4.78, 5) is 14.2. The Morgan fingerprint density at radius 2 is 2.32 bits per heavy atom. The number of hydrogen-bond acceptors (Lipinski definition) is 3. The van der Waals surface area contributed by atoms with Gasteiger partial charge < -0.3 is 10.2 Å². The molecule has 2 atom stereocenters. The van der Waals surface area contributed by atoms with Crippen LogP contribution in [0.3, 0.4) is 0 Å². The number of amides is 1. The van der Waals surface area contributed by atoms with E-state index in [1.165, 1.54) is 0 Å². The van der Waals surface area contributed by atoms with Crippen molar-refractivity contribution in [1.82, 2.24) is 20.0 Å². The summed E-state index contributed by atoms with van der Waals surface area (Å²) in [7, 11) is 5.97. The molecule has 5 nitrogen and oxygen atoms in total. The maximum atomic E-state index is 12.0. The van der Waals surface area contributed by atoms with E-state index in [2.05, 4.69) is 29.4 Å². The maximum absolute atomic E-state index is 12.0. The first-order chi connectivity index (χ1) is 8.95. The second-order valence-corrected chi connectivity index (χ2v) is 5.85. The molecular formula is C13H21ClN4O. The van der Waals surface area contributed by atoms with Crippen molar-refractivity contribution in [3.8, 4) is 0 Å². The number of hydrogen-bond donors (Lipinski definition) is 1. The molecule has 1 aliphatic carbocycles. The molecule has 2 rings (SSSR count). The molecule has 6 heteroatoms. The van der Waals surface area contributed by atoms with E-state index in [-0.39, 0.29) is 11.9 Å². The van der Waals surface area contributed by atoms with Crippen LogP contribution in [0.25, 0.3) is 0 Å². The summed E-state index contributed by atoms with van der Waals surface area (Å²) in [6.07, 6.45) is 5.31. The third-order valence-electron chi connectivity index (χ3n) is 3.70. The zero-order chi connectivity index (χ0) is 14.0. The lowest BCUT2D eigenvalue weighted by Crippen LogP contribution is -2.35. The fourth-order valence-electron chi connectivity index (χ4n) is 2.64. The number of halogens is 1. The van der Waals surface area contributed by atoms with Crippen LogP contribution in [0.5, 0.6) is 0 Å². The van der Waals surface area contributed by atoms with E-state index < -0.39 is 0 Å². The largest absolute Gasteiger partial charge is 0.353 e. The van der Waals surface area contributed by atoms with E-state index in [9.17, 15) is 4.79 Å². The molecule has 0 spiro atoms. The summed E-state index contributed by atoms with van der Waals surface area (Å²) in [5, 5.41) is 7.53. The number of nitrogens with one attached hydrogen (secondary N) is 1. The Morgan fingerprint density at radius 3 is 2.84 bits per heavy atom. The lowest BCUT2D eigenvalue weighted by atomic mass is 10.2. The number of carbonyl (C=O) groups excluding carboxylic acids is 1. The van der Waals surface area contributed by atoms with Crippen LogP contribution in [-0.2, 0) is 18.3 Å². The molecule has 0 aliphatic heterocycles. The highest BCUT2D eigenvalue weighted by Crippen LogP contribution is 2.22. The van der Waals surface area contributed by atoms with Crippen LogP contribution in [0, 0.1) is 0 Å². The molecule has 0 bridgehead atoms. The lowest BCUT2D eigenvalue weighted by molar-refractivity contribution is -0.121. The van der Waals surface area contributed by atoms with E-state index >= 15 is 0 Å². The average Bonchev–Trinajstić information content (AvgIpc) is 2.87.